The summed E-state index contributed by atoms with van der Waals surface area (Å²) >= 11 is 0. The Morgan fingerprint density at radius 3 is 2.32 bits per heavy atom. The van der Waals surface area contributed by atoms with Crippen LogP contribution in [0.2, 0.25) is 0 Å². The van der Waals surface area contributed by atoms with Crippen LogP contribution in [-0.4, -0.2) is 12.8 Å². The summed E-state index contributed by atoms with van der Waals surface area (Å²) in [5.74, 6) is 2.15. The van der Waals surface area contributed by atoms with Crippen molar-refractivity contribution >= 4 is 7.60 Å². The van der Waals surface area contributed by atoms with Crippen LogP contribution in [0.1, 0.15) is 56.9 Å². The molecule has 0 bridgehead atoms. The predicted molar refractivity (Wildman–Crippen MR) is 84.0 cm³/mol. The van der Waals surface area contributed by atoms with Gasteiger partial charge in [-0.3, -0.25) is 0 Å². The van der Waals surface area contributed by atoms with Crippen molar-refractivity contribution in [2.75, 3.05) is 12.8 Å². The van der Waals surface area contributed by atoms with Crippen molar-refractivity contribution in [1.29, 1.82) is 0 Å². The quantitative estimate of drug-likeness (QED) is 0.723. The first kappa shape index (κ1) is 17.5. The number of hydrogen-bond donors (Lipinski definition) is 0. The molecule has 1 saturated carbocycles. The van der Waals surface area contributed by atoms with Gasteiger partial charge < -0.3 is 19.1 Å². The largest absolute Gasteiger partial charge is 0.811 e. The van der Waals surface area contributed by atoms with E-state index in [1.807, 2.05) is 12.1 Å². The van der Waals surface area contributed by atoms with Crippen molar-refractivity contribution in [1.82, 2.24) is 0 Å². The predicted octanol–water partition coefficient (Wildman–Crippen LogP) is 3.05. The molecule has 4 nitrogen and oxygen atoms in total. The summed E-state index contributed by atoms with van der Waals surface area (Å²) in [6, 6.07) is 7.87. The van der Waals surface area contributed by atoms with Gasteiger partial charge in [0, 0.05) is 6.16 Å². The molecule has 0 atom stereocenters. The van der Waals surface area contributed by atoms with Gasteiger partial charge in [0.25, 0.3) is 0 Å². The van der Waals surface area contributed by atoms with Crippen LogP contribution in [0.5, 0.6) is 5.75 Å². The minimum atomic E-state index is -4.47. The molecule has 0 aromatic heterocycles. The van der Waals surface area contributed by atoms with Crippen LogP contribution in [0.3, 0.4) is 0 Å². The molecule has 1 aromatic carbocycles. The van der Waals surface area contributed by atoms with Gasteiger partial charge in [-0.05, 0) is 55.2 Å². The lowest BCUT2D eigenvalue weighted by Crippen LogP contribution is -2.20. The van der Waals surface area contributed by atoms with Crippen LogP contribution in [0.4, 0.5) is 0 Å². The summed E-state index contributed by atoms with van der Waals surface area (Å²) in [6.07, 6.45) is 7.30. The van der Waals surface area contributed by atoms with E-state index >= 15 is 0 Å². The second-order valence-electron chi connectivity index (χ2n) is 6.26. The van der Waals surface area contributed by atoms with Gasteiger partial charge in [-0.15, -0.1) is 0 Å². The van der Waals surface area contributed by atoms with Gasteiger partial charge in [-0.25, -0.2) is 0 Å². The molecule has 0 N–H and O–H groups in total. The smallest absolute Gasteiger partial charge is 0.119 e. The fraction of sp³-hybridized carbons (Fsp3) is 0.647. The van der Waals surface area contributed by atoms with Crippen molar-refractivity contribution in [2.24, 2.45) is 5.92 Å². The van der Waals surface area contributed by atoms with E-state index in [2.05, 4.69) is 19.1 Å². The molecule has 2 rings (SSSR count). The van der Waals surface area contributed by atoms with Crippen LogP contribution in [0.15, 0.2) is 24.3 Å². The Bertz CT molecular complexity index is 486. The second kappa shape index (κ2) is 8.14. The molecule has 1 aliphatic carbocycles. The maximum atomic E-state index is 10.5. The van der Waals surface area contributed by atoms with E-state index in [1.54, 1.807) is 0 Å². The van der Waals surface area contributed by atoms with Gasteiger partial charge >= 0.3 is 0 Å². The molecular weight excluding hydrogens is 299 g/mol. The number of rotatable bonds is 7. The van der Waals surface area contributed by atoms with E-state index in [-0.39, 0.29) is 6.61 Å². The molecule has 124 valence electrons. The third-order valence-corrected chi connectivity index (χ3v) is 5.26. The zero-order valence-electron chi connectivity index (χ0n) is 13.2. The Kier molecular flexibility index (Phi) is 6.49. The Labute approximate surface area is 133 Å². The van der Waals surface area contributed by atoms with Gasteiger partial charge in [0.1, 0.15) is 5.75 Å². The third kappa shape index (κ3) is 5.75. The molecule has 0 saturated heterocycles. The van der Waals surface area contributed by atoms with Crippen molar-refractivity contribution in [3.05, 3.63) is 29.8 Å². The summed E-state index contributed by atoms with van der Waals surface area (Å²) in [7, 11) is -4.47. The van der Waals surface area contributed by atoms with E-state index < -0.39 is 13.8 Å². The topological polar surface area (TPSA) is 72.4 Å². The first-order valence-corrected chi connectivity index (χ1v) is 9.94. The summed E-state index contributed by atoms with van der Waals surface area (Å²) in [4.78, 5) is 21.1. The maximum absolute atomic E-state index is 10.5. The normalized spacial score (nSPS) is 22.5. The van der Waals surface area contributed by atoms with Crippen LogP contribution >= 0.6 is 7.60 Å². The molecule has 0 unspecified atom stereocenters. The average Bonchev–Trinajstić information content (AvgIpc) is 2.48. The fourth-order valence-electron chi connectivity index (χ4n) is 3.30. The van der Waals surface area contributed by atoms with Gasteiger partial charge in [-0.1, -0.05) is 39.5 Å². The van der Waals surface area contributed by atoms with Gasteiger partial charge in [0.15, 0.2) is 0 Å². The monoisotopic (exact) mass is 324 g/mol. The summed E-state index contributed by atoms with van der Waals surface area (Å²) < 4.78 is 15.8. The average molecular weight is 324 g/mol. The first-order chi connectivity index (χ1) is 10.5. The molecule has 1 fully saturated rings. The molecule has 1 aromatic rings. The molecule has 0 amide bonds. The fourth-order valence-corrected chi connectivity index (χ4v) is 3.62. The number of hydrogen-bond acceptors (Lipinski definition) is 4. The minimum Gasteiger partial charge on any atom is -0.811 e. The van der Waals surface area contributed by atoms with Crippen LogP contribution in [-0.2, 0) is 4.57 Å². The van der Waals surface area contributed by atoms with E-state index in [9.17, 15) is 14.4 Å². The lowest BCUT2D eigenvalue weighted by Gasteiger charge is -2.29. The molecule has 0 aliphatic heterocycles. The minimum absolute atomic E-state index is 0.0776. The summed E-state index contributed by atoms with van der Waals surface area (Å²) in [6.45, 7) is 2.18. The van der Waals surface area contributed by atoms with E-state index in [0.29, 0.717) is 11.7 Å². The second-order valence-corrected chi connectivity index (χ2v) is 7.93. The highest BCUT2D eigenvalue weighted by Crippen LogP contribution is 2.37. The van der Waals surface area contributed by atoms with Crippen LogP contribution < -0.4 is 14.5 Å². The zero-order valence-corrected chi connectivity index (χ0v) is 14.1. The Morgan fingerprint density at radius 1 is 1.14 bits per heavy atom. The molecule has 0 heterocycles. The van der Waals surface area contributed by atoms with Gasteiger partial charge in [0.05, 0.1) is 6.61 Å². The zero-order chi connectivity index (χ0) is 16.0. The number of benzene rings is 1. The lowest BCUT2D eigenvalue weighted by atomic mass is 9.77. The van der Waals surface area contributed by atoms with Crippen molar-refractivity contribution in [2.45, 2.75) is 51.4 Å². The standard InChI is InChI=1S/C17H27O4P/c1-2-3-14-4-6-15(7-5-14)16-8-10-17(11-9-16)21-12-13-22(18,19)20/h8-11,14-15H,2-7,12-13H2,1H3,(H2,18,19,20)/p-2. The molecular formula is C17H25O4P-2. The summed E-state index contributed by atoms with van der Waals surface area (Å²) in [5, 5.41) is 0. The van der Waals surface area contributed by atoms with Crippen LogP contribution in [0, 0.1) is 5.92 Å². The molecule has 5 heteroatoms. The van der Waals surface area contributed by atoms with E-state index in [4.69, 9.17) is 4.74 Å². The Balaban J connectivity index is 1.81. The van der Waals surface area contributed by atoms with E-state index in [1.165, 1.54) is 44.1 Å². The van der Waals surface area contributed by atoms with Crippen LogP contribution in [0.25, 0.3) is 0 Å². The Morgan fingerprint density at radius 2 is 1.77 bits per heavy atom. The molecule has 1 aliphatic rings. The lowest BCUT2D eigenvalue weighted by molar-refractivity contribution is -0.313. The molecule has 0 radical (unpaired) electrons. The van der Waals surface area contributed by atoms with Crippen molar-refractivity contribution in [3.63, 3.8) is 0 Å². The van der Waals surface area contributed by atoms with Crippen molar-refractivity contribution in [3.8, 4) is 5.75 Å². The van der Waals surface area contributed by atoms with Gasteiger partial charge in [-0.2, -0.15) is 0 Å². The van der Waals surface area contributed by atoms with Gasteiger partial charge in [0.2, 0.25) is 0 Å². The highest BCUT2D eigenvalue weighted by molar-refractivity contribution is 7.48. The Hall–Kier alpha value is -0.830. The van der Waals surface area contributed by atoms with Crippen molar-refractivity contribution < 1.29 is 19.1 Å². The first-order valence-electron chi connectivity index (χ1n) is 8.22. The molecule has 22 heavy (non-hydrogen) atoms. The number of ether oxygens (including phenoxy) is 1. The third-order valence-electron chi connectivity index (χ3n) is 4.53. The SMILES string of the molecule is CCCC1CCC(c2ccc(OCCP(=O)([O-])[O-])cc2)CC1. The molecule has 0 spiro atoms. The highest BCUT2D eigenvalue weighted by Gasteiger charge is 2.21. The summed E-state index contributed by atoms with van der Waals surface area (Å²) in [5.41, 5.74) is 1.33. The highest BCUT2D eigenvalue weighted by atomic mass is 31.2. The maximum Gasteiger partial charge on any atom is 0.119 e. The van der Waals surface area contributed by atoms with E-state index in [0.717, 1.165) is 5.92 Å².